The maximum Gasteiger partial charge on any atom is 0.419 e. The Balaban J connectivity index is 2.01. The summed E-state index contributed by atoms with van der Waals surface area (Å²) in [4.78, 5) is 0. The van der Waals surface area contributed by atoms with Gasteiger partial charge >= 0.3 is 14.9 Å². The number of hydrogen-bond donors (Lipinski definition) is 2. The van der Waals surface area contributed by atoms with E-state index in [2.05, 4.69) is 4.52 Å². The largest absolute Gasteiger partial charge is 0.493 e. The van der Waals surface area contributed by atoms with E-state index in [0.29, 0.717) is 24.0 Å². The second-order valence-corrected chi connectivity index (χ2v) is 8.14. The van der Waals surface area contributed by atoms with Crippen LogP contribution in [0.5, 0.6) is 5.75 Å². The van der Waals surface area contributed by atoms with Crippen molar-refractivity contribution in [1.82, 2.24) is 0 Å². The van der Waals surface area contributed by atoms with Gasteiger partial charge < -0.3 is 15.6 Å². The number of aryl methyl sites for hydroxylation is 3. The van der Waals surface area contributed by atoms with Crippen LogP contribution < -0.4 is 10.5 Å². The Morgan fingerprint density at radius 1 is 1.09 bits per heavy atom. The molecular formula is C22H26F4NO4P. The van der Waals surface area contributed by atoms with Crippen LogP contribution in [-0.2, 0) is 28.1 Å². The third kappa shape index (κ3) is 7.81. The molecule has 2 rings (SSSR count). The first-order valence-corrected chi connectivity index (χ1v) is 10.7. The highest BCUT2D eigenvalue weighted by Gasteiger charge is 2.35. The second-order valence-electron chi connectivity index (χ2n) is 7.73. The van der Waals surface area contributed by atoms with Gasteiger partial charge in [-0.3, -0.25) is 4.52 Å². The summed E-state index contributed by atoms with van der Waals surface area (Å²) >= 11 is 0. The zero-order chi connectivity index (χ0) is 23.8. The standard InChI is InChI=1S/C22H26F4NO4P/c1-15-11-16(4-6-19(15)23)3-2-10-30-20-7-5-17(12-18(20)22(24,25)26)8-9-21(27,13-28)14-31-32-29/h4-7,11-12,28H,2-3,8-10,13-14,27H2,1H3. The number of benzene rings is 2. The van der Waals surface area contributed by atoms with Gasteiger partial charge in [-0.25, -0.2) is 8.96 Å². The van der Waals surface area contributed by atoms with E-state index in [1.165, 1.54) is 18.2 Å². The smallest absolute Gasteiger partial charge is 0.419 e. The molecule has 2 aromatic rings. The fourth-order valence-corrected chi connectivity index (χ4v) is 3.46. The van der Waals surface area contributed by atoms with Crippen molar-refractivity contribution in [3.8, 4) is 5.75 Å². The van der Waals surface area contributed by atoms with E-state index in [1.807, 2.05) is 0 Å². The molecule has 1 atom stereocenters. The van der Waals surface area contributed by atoms with Gasteiger partial charge in [0, 0.05) is 0 Å². The monoisotopic (exact) mass is 475 g/mol. The minimum atomic E-state index is -4.61. The molecule has 5 nitrogen and oxygen atoms in total. The van der Waals surface area contributed by atoms with Crippen molar-refractivity contribution in [3.63, 3.8) is 0 Å². The molecule has 0 saturated heterocycles. The Labute approximate surface area is 185 Å². The lowest BCUT2D eigenvalue weighted by atomic mass is 9.93. The number of nitrogens with two attached hydrogens (primary N) is 1. The van der Waals surface area contributed by atoms with Crippen LogP contribution in [0.15, 0.2) is 36.4 Å². The van der Waals surface area contributed by atoms with Crippen LogP contribution in [0.4, 0.5) is 17.6 Å². The van der Waals surface area contributed by atoms with Gasteiger partial charge in [-0.2, -0.15) is 13.2 Å². The van der Waals surface area contributed by atoms with Crippen molar-refractivity contribution in [1.29, 1.82) is 0 Å². The fourth-order valence-electron chi connectivity index (χ4n) is 3.15. The molecule has 0 bridgehead atoms. The molecule has 3 N–H and O–H groups in total. The molecule has 2 aromatic carbocycles. The summed E-state index contributed by atoms with van der Waals surface area (Å²) in [6.07, 6.45) is -3.31. The molecule has 0 spiro atoms. The minimum absolute atomic E-state index is 0.0705. The number of rotatable bonds is 12. The van der Waals surface area contributed by atoms with Gasteiger partial charge in [0.05, 0.1) is 30.9 Å². The number of hydrogen-bond acceptors (Lipinski definition) is 5. The Hall–Kier alpha value is -2.06. The minimum Gasteiger partial charge on any atom is -0.493 e. The van der Waals surface area contributed by atoms with Crippen molar-refractivity contribution in [2.24, 2.45) is 5.73 Å². The molecule has 10 heteroatoms. The number of ether oxygens (including phenoxy) is 1. The lowest BCUT2D eigenvalue weighted by Crippen LogP contribution is -2.47. The normalized spacial score (nSPS) is 13.8. The van der Waals surface area contributed by atoms with E-state index < -0.39 is 32.6 Å². The quantitative estimate of drug-likeness (QED) is 0.256. The molecule has 0 aromatic heterocycles. The van der Waals surface area contributed by atoms with Gasteiger partial charge in [-0.05, 0) is 67.5 Å². The molecule has 0 aliphatic rings. The number of halogens is 4. The van der Waals surface area contributed by atoms with Crippen LogP contribution in [0.3, 0.4) is 0 Å². The lowest BCUT2D eigenvalue weighted by molar-refractivity contribution is -0.139. The maximum atomic E-state index is 13.6. The van der Waals surface area contributed by atoms with Crippen molar-refractivity contribution >= 4 is 8.69 Å². The summed E-state index contributed by atoms with van der Waals surface area (Å²) in [7, 11) is -0.591. The summed E-state index contributed by atoms with van der Waals surface area (Å²) < 4.78 is 74.5. The second kappa shape index (κ2) is 11.7. The third-order valence-electron chi connectivity index (χ3n) is 5.07. The van der Waals surface area contributed by atoms with Crippen LogP contribution in [-0.4, -0.2) is 30.5 Å². The van der Waals surface area contributed by atoms with E-state index in [9.17, 15) is 27.2 Å². The van der Waals surface area contributed by atoms with Crippen LogP contribution in [0.1, 0.15) is 35.1 Å². The Morgan fingerprint density at radius 3 is 2.41 bits per heavy atom. The highest BCUT2D eigenvalue weighted by molar-refractivity contribution is 7.17. The van der Waals surface area contributed by atoms with Crippen molar-refractivity contribution in [2.75, 3.05) is 19.8 Å². The molecule has 0 saturated carbocycles. The Bertz CT molecular complexity index is 910. The van der Waals surface area contributed by atoms with E-state index in [-0.39, 0.29) is 37.6 Å². The average Bonchev–Trinajstić information content (AvgIpc) is 2.76. The first-order chi connectivity index (χ1) is 15.1. The van der Waals surface area contributed by atoms with E-state index in [0.717, 1.165) is 11.6 Å². The molecule has 32 heavy (non-hydrogen) atoms. The molecule has 1 unspecified atom stereocenters. The van der Waals surface area contributed by atoms with E-state index in [4.69, 9.17) is 10.5 Å². The molecule has 0 fully saturated rings. The van der Waals surface area contributed by atoms with Gasteiger partial charge in [0.15, 0.2) is 0 Å². The van der Waals surface area contributed by atoms with Gasteiger partial charge in [0.2, 0.25) is 0 Å². The highest BCUT2D eigenvalue weighted by atomic mass is 31.1. The van der Waals surface area contributed by atoms with E-state index >= 15 is 0 Å². The SMILES string of the molecule is Cc1cc(CCCOc2ccc(CCC(N)(CO)COP=O)cc2C(F)(F)F)ccc1F. The summed E-state index contributed by atoms with van der Waals surface area (Å²) in [6, 6.07) is 8.50. The zero-order valence-corrected chi connectivity index (χ0v) is 18.5. The molecule has 0 aliphatic heterocycles. The first-order valence-electron chi connectivity index (χ1n) is 10.0. The van der Waals surface area contributed by atoms with Crippen molar-refractivity contribution in [3.05, 3.63) is 64.5 Å². The highest BCUT2D eigenvalue weighted by Crippen LogP contribution is 2.37. The van der Waals surface area contributed by atoms with Gasteiger partial charge in [0.1, 0.15) is 11.6 Å². The molecular weight excluding hydrogens is 449 g/mol. The number of alkyl halides is 3. The molecule has 0 radical (unpaired) electrons. The summed E-state index contributed by atoms with van der Waals surface area (Å²) in [6.45, 7) is 1.05. The predicted octanol–water partition coefficient (Wildman–Crippen LogP) is 5.01. The van der Waals surface area contributed by atoms with Crippen molar-refractivity contribution in [2.45, 2.75) is 44.3 Å². The van der Waals surface area contributed by atoms with Crippen LogP contribution >= 0.6 is 8.69 Å². The van der Waals surface area contributed by atoms with Crippen molar-refractivity contribution < 1.29 is 36.5 Å². The fraction of sp³-hybridized carbons (Fsp3) is 0.455. The van der Waals surface area contributed by atoms with Crippen LogP contribution in [0.25, 0.3) is 0 Å². The molecule has 176 valence electrons. The molecule has 0 amide bonds. The third-order valence-corrected chi connectivity index (χ3v) is 5.30. The maximum absolute atomic E-state index is 13.6. The summed E-state index contributed by atoms with van der Waals surface area (Å²) in [5.74, 6) is -0.575. The number of aliphatic hydroxyl groups excluding tert-OH is 1. The Morgan fingerprint density at radius 2 is 1.78 bits per heavy atom. The van der Waals surface area contributed by atoms with Crippen LogP contribution in [0.2, 0.25) is 0 Å². The summed E-state index contributed by atoms with van der Waals surface area (Å²) in [5.41, 5.74) is 5.60. The average molecular weight is 475 g/mol. The summed E-state index contributed by atoms with van der Waals surface area (Å²) in [5, 5.41) is 9.42. The number of aliphatic hydroxyl groups is 1. The topological polar surface area (TPSA) is 81.8 Å². The Kier molecular flexibility index (Phi) is 9.58. The molecule has 0 aliphatic carbocycles. The van der Waals surface area contributed by atoms with E-state index in [1.54, 1.807) is 19.1 Å². The van der Waals surface area contributed by atoms with Gasteiger partial charge in [0.25, 0.3) is 0 Å². The zero-order valence-electron chi connectivity index (χ0n) is 17.6. The van der Waals surface area contributed by atoms with Gasteiger partial charge in [-0.15, -0.1) is 0 Å². The molecule has 0 heterocycles. The van der Waals surface area contributed by atoms with Gasteiger partial charge in [-0.1, -0.05) is 18.2 Å². The predicted molar refractivity (Wildman–Crippen MR) is 112 cm³/mol. The van der Waals surface area contributed by atoms with Crippen LogP contribution in [0, 0.1) is 12.7 Å². The lowest BCUT2D eigenvalue weighted by Gasteiger charge is -2.25. The first kappa shape index (κ1) is 26.2.